The third-order valence-electron chi connectivity index (χ3n) is 1.44. The van der Waals surface area contributed by atoms with Crippen LogP contribution in [0.4, 0.5) is 0 Å². The van der Waals surface area contributed by atoms with Gasteiger partial charge in [0.05, 0.1) is 19.9 Å². The van der Waals surface area contributed by atoms with Crippen LogP contribution in [-0.2, 0) is 0 Å². The lowest BCUT2D eigenvalue weighted by Crippen LogP contribution is -2.14. The summed E-state index contributed by atoms with van der Waals surface area (Å²) in [6.45, 7) is -0.0146. The smallest absolute Gasteiger partial charge is 0.194 e. The molecule has 1 heterocycles. The number of carbonyl (C=O) groups excluding carboxylic acids is 1. The van der Waals surface area contributed by atoms with Crippen molar-refractivity contribution in [3.8, 4) is 5.75 Å². The van der Waals surface area contributed by atoms with E-state index in [0.717, 1.165) is 0 Å². The summed E-state index contributed by atoms with van der Waals surface area (Å²) in [4.78, 5) is 14.9. The van der Waals surface area contributed by atoms with Gasteiger partial charge in [0.1, 0.15) is 11.4 Å². The average molecular weight is 166 g/mol. The molecule has 0 bridgehead atoms. The molecule has 1 rings (SSSR count). The number of aromatic nitrogens is 1. The molecule has 0 aliphatic rings. The molecule has 0 aliphatic carbocycles. The first-order chi connectivity index (χ1) is 5.77. The third-order valence-corrected chi connectivity index (χ3v) is 1.44. The summed E-state index contributed by atoms with van der Waals surface area (Å²) in [7, 11) is 1.54. The van der Waals surface area contributed by atoms with Gasteiger partial charge in [0, 0.05) is 0 Å². The Hall–Kier alpha value is -1.42. The molecular weight excluding hydrogens is 156 g/mol. The number of nitrogens with zero attached hydrogens (tertiary/aromatic N) is 1. The van der Waals surface area contributed by atoms with Gasteiger partial charge in [0.15, 0.2) is 5.78 Å². The molecule has 4 heteroatoms. The normalized spacial score (nSPS) is 9.50. The van der Waals surface area contributed by atoms with Crippen molar-refractivity contribution < 1.29 is 9.53 Å². The highest BCUT2D eigenvalue weighted by molar-refractivity contribution is 5.95. The monoisotopic (exact) mass is 166 g/mol. The molecule has 64 valence electrons. The van der Waals surface area contributed by atoms with Crippen LogP contribution in [0.25, 0.3) is 0 Å². The van der Waals surface area contributed by atoms with Gasteiger partial charge in [-0.05, 0) is 12.1 Å². The topological polar surface area (TPSA) is 65.2 Å². The van der Waals surface area contributed by atoms with Gasteiger partial charge in [0.2, 0.25) is 0 Å². The van der Waals surface area contributed by atoms with Crippen molar-refractivity contribution >= 4 is 5.78 Å². The fraction of sp³-hybridized carbons (Fsp3) is 0.250. The maximum absolute atomic E-state index is 11.0. The number of ether oxygens (including phenoxy) is 1. The van der Waals surface area contributed by atoms with E-state index >= 15 is 0 Å². The van der Waals surface area contributed by atoms with E-state index in [1.54, 1.807) is 19.2 Å². The SMILES string of the molecule is COc1ccc(C(=O)CN)nc1. The molecule has 1 aromatic heterocycles. The number of nitrogens with two attached hydrogens (primary N) is 1. The van der Waals surface area contributed by atoms with Crippen molar-refractivity contribution in [3.05, 3.63) is 24.0 Å². The minimum Gasteiger partial charge on any atom is -0.495 e. The molecule has 0 aliphatic heterocycles. The largest absolute Gasteiger partial charge is 0.495 e. The van der Waals surface area contributed by atoms with Crippen LogP contribution in [0.15, 0.2) is 18.3 Å². The number of pyridine rings is 1. The van der Waals surface area contributed by atoms with E-state index in [-0.39, 0.29) is 12.3 Å². The summed E-state index contributed by atoms with van der Waals surface area (Å²) in [5, 5.41) is 0. The molecule has 1 aromatic rings. The first-order valence-corrected chi connectivity index (χ1v) is 3.51. The molecule has 2 N–H and O–H groups in total. The van der Waals surface area contributed by atoms with E-state index in [2.05, 4.69) is 4.98 Å². The summed E-state index contributed by atoms with van der Waals surface area (Å²) in [6, 6.07) is 3.27. The van der Waals surface area contributed by atoms with Gasteiger partial charge in [-0.1, -0.05) is 0 Å². The molecule has 0 saturated carbocycles. The summed E-state index contributed by atoms with van der Waals surface area (Å²) >= 11 is 0. The molecule has 0 aromatic carbocycles. The van der Waals surface area contributed by atoms with Crippen LogP contribution in [-0.4, -0.2) is 24.4 Å². The van der Waals surface area contributed by atoms with Crippen LogP contribution >= 0.6 is 0 Å². The van der Waals surface area contributed by atoms with Crippen molar-refractivity contribution in [1.29, 1.82) is 0 Å². The Labute approximate surface area is 70.4 Å². The molecule has 0 amide bonds. The van der Waals surface area contributed by atoms with Crippen LogP contribution in [0.3, 0.4) is 0 Å². The standard InChI is InChI=1S/C8H10N2O2/c1-12-6-2-3-7(10-5-6)8(11)4-9/h2-3,5H,4,9H2,1H3. The van der Waals surface area contributed by atoms with Gasteiger partial charge in [-0.2, -0.15) is 0 Å². The van der Waals surface area contributed by atoms with Gasteiger partial charge in [-0.3, -0.25) is 4.79 Å². The quantitative estimate of drug-likeness (QED) is 0.653. The third kappa shape index (κ3) is 1.79. The van der Waals surface area contributed by atoms with Gasteiger partial charge in [-0.25, -0.2) is 4.98 Å². The minimum absolute atomic E-state index is 0.0146. The predicted molar refractivity (Wildman–Crippen MR) is 44.2 cm³/mol. The second-order valence-corrected chi connectivity index (χ2v) is 2.21. The van der Waals surface area contributed by atoms with Crippen LogP contribution in [0.1, 0.15) is 10.5 Å². The minimum atomic E-state index is -0.169. The molecule has 0 fully saturated rings. The van der Waals surface area contributed by atoms with E-state index in [9.17, 15) is 4.79 Å². The average Bonchev–Trinajstić information content (AvgIpc) is 2.17. The van der Waals surface area contributed by atoms with Crippen molar-refractivity contribution in [3.63, 3.8) is 0 Å². The zero-order valence-corrected chi connectivity index (χ0v) is 6.78. The molecular formula is C8H10N2O2. The molecule has 0 spiro atoms. The first kappa shape index (κ1) is 8.67. The molecule has 0 radical (unpaired) electrons. The zero-order valence-electron chi connectivity index (χ0n) is 6.78. The highest BCUT2D eigenvalue weighted by Gasteiger charge is 2.03. The zero-order chi connectivity index (χ0) is 8.97. The number of hydrogen-bond donors (Lipinski definition) is 1. The highest BCUT2D eigenvalue weighted by atomic mass is 16.5. The van der Waals surface area contributed by atoms with Gasteiger partial charge in [0.25, 0.3) is 0 Å². The molecule has 0 unspecified atom stereocenters. The number of hydrogen-bond acceptors (Lipinski definition) is 4. The van der Waals surface area contributed by atoms with Crippen molar-refractivity contribution in [2.24, 2.45) is 5.73 Å². The van der Waals surface area contributed by atoms with Crippen LogP contribution in [0, 0.1) is 0 Å². The van der Waals surface area contributed by atoms with Crippen LogP contribution < -0.4 is 10.5 Å². The number of rotatable bonds is 3. The number of Topliss-reactive ketones (excluding diaryl/α,β-unsaturated/α-hetero) is 1. The maximum Gasteiger partial charge on any atom is 0.194 e. The summed E-state index contributed by atoms with van der Waals surface area (Å²) in [5.74, 6) is 0.459. The van der Waals surface area contributed by atoms with E-state index in [1.165, 1.54) is 6.20 Å². The Morgan fingerprint density at radius 2 is 2.42 bits per heavy atom. The van der Waals surface area contributed by atoms with E-state index in [0.29, 0.717) is 11.4 Å². The van der Waals surface area contributed by atoms with Crippen molar-refractivity contribution in [2.45, 2.75) is 0 Å². The lowest BCUT2D eigenvalue weighted by atomic mass is 10.2. The Bertz CT molecular complexity index is 269. The second kappa shape index (κ2) is 3.82. The fourth-order valence-corrected chi connectivity index (χ4v) is 0.771. The van der Waals surface area contributed by atoms with Crippen molar-refractivity contribution in [1.82, 2.24) is 4.98 Å². The summed E-state index contributed by atoms with van der Waals surface area (Å²) in [5.41, 5.74) is 5.53. The predicted octanol–water partition coefficient (Wildman–Crippen LogP) is 0.232. The number of carbonyl (C=O) groups is 1. The Morgan fingerprint density at radius 3 is 2.83 bits per heavy atom. The van der Waals surface area contributed by atoms with Gasteiger partial charge >= 0.3 is 0 Å². The van der Waals surface area contributed by atoms with Crippen molar-refractivity contribution in [2.75, 3.05) is 13.7 Å². The lowest BCUT2D eigenvalue weighted by Gasteiger charge is -1.99. The Morgan fingerprint density at radius 1 is 1.67 bits per heavy atom. The first-order valence-electron chi connectivity index (χ1n) is 3.51. The number of methoxy groups -OCH3 is 1. The maximum atomic E-state index is 11.0. The van der Waals surface area contributed by atoms with E-state index in [1.807, 2.05) is 0 Å². The highest BCUT2D eigenvalue weighted by Crippen LogP contribution is 2.07. The van der Waals surface area contributed by atoms with Gasteiger partial charge < -0.3 is 10.5 Å². The van der Waals surface area contributed by atoms with E-state index in [4.69, 9.17) is 10.5 Å². The molecule has 4 nitrogen and oxygen atoms in total. The fourth-order valence-electron chi connectivity index (χ4n) is 0.771. The Balaban J connectivity index is 2.84. The summed E-state index contributed by atoms with van der Waals surface area (Å²) < 4.78 is 4.88. The molecule has 0 atom stereocenters. The van der Waals surface area contributed by atoms with E-state index < -0.39 is 0 Å². The number of ketones is 1. The second-order valence-electron chi connectivity index (χ2n) is 2.21. The van der Waals surface area contributed by atoms with Crippen LogP contribution in [0.5, 0.6) is 5.75 Å². The van der Waals surface area contributed by atoms with Gasteiger partial charge in [-0.15, -0.1) is 0 Å². The lowest BCUT2D eigenvalue weighted by molar-refractivity contribution is 0.0996. The van der Waals surface area contributed by atoms with Crippen LogP contribution in [0.2, 0.25) is 0 Å². The summed E-state index contributed by atoms with van der Waals surface area (Å²) in [6.07, 6.45) is 1.49. The Kier molecular flexibility index (Phi) is 2.76. The molecule has 0 saturated heterocycles. The molecule has 12 heavy (non-hydrogen) atoms.